The molecule has 8 bridgehead atoms. The zero-order valence-electron chi connectivity index (χ0n) is 16.4. The van der Waals surface area contributed by atoms with Crippen molar-refractivity contribution in [2.45, 2.75) is 0 Å². The molecule has 0 aliphatic carbocycles. The summed E-state index contributed by atoms with van der Waals surface area (Å²) >= 11 is 0. The van der Waals surface area contributed by atoms with Gasteiger partial charge in [-0.2, -0.15) is 0 Å². The quantitative estimate of drug-likeness (QED) is 0.231. The van der Waals surface area contributed by atoms with Gasteiger partial charge in [0.2, 0.25) is 0 Å². The van der Waals surface area contributed by atoms with Crippen LogP contribution in [0.15, 0.2) is 78.9 Å². The van der Waals surface area contributed by atoms with Gasteiger partial charge in [0, 0.05) is 50.0 Å². The van der Waals surface area contributed by atoms with E-state index in [1.165, 1.54) is 0 Å². The number of nitrogens with one attached hydrogen (secondary N) is 2. The van der Waals surface area contributed by atoms with Crippen LogP contribution < -0.4 is 0 Å². The number of fused-ring (bicyclic) bond motifs is 8. The van der Waals surface area contributed by atoms with Crippen molar-refractivity contribution < 1.29 is 22.4 Å². The Balaban J connectivity index is 0.00000204. The maximum Gasteiger partial charge on any atom is 0.0737 e. The molecule has 0 unspecified atom stereocenters. The summed E-state index contributed by atoms with van der Waals surface area (Å²) < 4.78 is 0. The normalized spacial score (nSPS) is 12.3. The van der Waals surface area contributed by atoms with Crippen molar-refractivity contribution in [3.05, 3.63) is 107 Å². The summed E-state index contributed by atoms with van der Waals surface area (Å²) in [5, 5.41) is 0. The zero-order valence-corrected chi connectivity index (χ0v) is 18.6. The van der Waals surface area contributed by atoms with Gasteiger partial charge in [0.1, 0.15) is 0 Å². The Labute approximate surface area is 194 Å². The molecule has 0 fully saturated rings. The van der Waals surface area contributed by atoms with E-state index in [0.717, 1.165) is 56.0 Å². The molecule has 5 heterocycles. The van der Waals surface area contributed by atoms with Crippen LogP contribution in [0.1, 0.15) is 28.3 Å². The summed E-state index contributed by atoms with van der Waals surface area (Å²) in [4.78, 5) is 16.5. The first-order valence-corrected chi connectivity index (χ1v) is 9.92. The molecule has 31 heavy (non-hydrogen) atoms. The molecule has 0 atom stereocenters. The van der Waals surface area contributed by atoms with Crippen molar-refractivity contribution in [1.29, 1.82) is 0 Å². The Kier molecular flexibility index (Phi) is 5.04. The zero-order chi connectivity index (χ0) is 19.9. The summed E-state index contributed by atoms with van der Waals surface area (Å²) in [6.07, 6.45) is 6.20. The third-order valence-corrected chi connectivity index (χ3v) is 5.25. The molecule has 2 N–H and O–H groups in total. The monoisotopic (exact) mass is 583 g/mol. The van der Waals surface area contributed by atoms with Crippen LogP contribution in [-0.4, -0.2) is 19.9 Å². The van der Waals surface area contributed by atoms with Crippen LogP contribution in [0.2, 0.25) is 0 Å². The Morgan fingerprint density at radius 1 is 0.548 bits per heavy atom. The van der Waals surface area contributed by atoms with E-state index in [1.807, 2.05) is 18.2 Å². The smallest absolute Gasteiger partial charge is 0.0737 e. The van der Waals surface area contributed by atoms with Gasteiger partial charge < -0.3 is 9.97 Å². The van der Waals surface area contributed by atoms with E-state index in [-0.39, 0.29) is 22.4 Å². The molecular formula is C26H18AuN4. The number of hydrogen-bond acceptors (Lipinski definition) is 2. The number of rotatable bonds is 1. The maximum atomic E-state index is 4.90. The molecule has 1 aromatic carbocycles. The molecule has 2 aliphatic rings. The fourth-order valence-corrected chi connectivity index (χ4v) is 3.86. The number of hydrogen-bond donors (Lipinski definition) is 2. The Bertz CT molecular complexity index is 1490. The minimum atomic E-state index is 0. The van der Waals surface area contributed by atoms with E-state index in [9.17, 15) is 0 Å². The van der Waals surface area contributed by atoms with Gasteiger partial charge >= 0.3 is 0 Å². The average molecular weight is 583 g/mol. The SMILES string of the molecule is C1=Cc2cc3ccc(cc4ccc(cc5nc(cc1n2)C(c1ccccc1)=C5)[nH]4)[nH]3.[Au]. The molecule has 1 radical (unpaired) electrons. The fourth-order valence-electron chi connectivity index (χ4n) is 3.86. The van der Waals surface area contributed by atoms with E-state index < -0.39 is 0 Å². The molecule has 0 saturated heterocycles. The first kappa shape index (κ1) is 19.5. The van der Waals surface area contributed by atoms with E-state index in [0.29, 0.717) is 0 Å². The standard InChI is InChI=1S/C26H18N4.Au/c1-2-4-17(5-3-1)25-15-24-14-22-9-8-20(28-22)12-18-6-7-19(27-18)13-21-10-11-23(29-21)16-26(25)30-24;/h1-16,27-28H;. The number of nitrogens with zero attached hydrogens (tertiary/aromatic N) is 2. The van der Waals surface area contributed by atoms with E-state index in [1.54, 1.807) is 0 Å². The van der Waals surface area contributed by atoms with E-state index in [4.69, 9.17) is 9.97 Å². The van der Waals surface area contributed by atoms with Crippen molar-refractivity contribution in [2.75, 3.05) is 0 Å². The van der Waals surface area contributed by atoms with Gasteiger partial charge in [-0.25, -0.2) is 9.97 Å². The molecule has 0 spiro atoms. The van der Waals surface area contributed by atoms with Crippen molar-refractivity contribution >= 4 is 45.9 Å². The van der Waals surface area contributed by atoms with Crippen LogP contribution in [0.3, 0.4) is 0 Å². The van der Waals surface area contributed by atoms with Crippen LogP contribution in [0, 0.1) is 0 Å². The third kappa shape index (κ3) is 3.97. The molecule has 4 nitrogen and oxygen atoms in total. The largest absolute Gasteiger partial charge is 0.355 e. The summed E-state index contributed by atoms with van der Waals surface area (Å²) in [5.41, 5.74) is 10.0. The maximum absolute atomic E-state index is 4.90. The molecule has 0 saturated carbocycles. The van der Waals surface area contributed by atoms with Gasteiger partial charge in [0.05, 0.1) is 22.8 Å². The van der Waals surface area contributed by atoms with Crippen molar-refractivity contribution in [2.24, 2.45) is 0 Å². The third-order valence-electron chi connectivity index (χ3n) is 5.25. The minimum Gasteiger partial charge on any atom is -0.355 e. The Morgan fingerprint density at radius 2 is 1.13 bits per heavy atom. The second-order valence-corrected chi connectivity index (χ2v) is 7.46. The predicted octanol–water partition coefficient (Wildman–Crippen LogP) is 6.07. The summed E-state index contributed by atoms with van der Waals surface area (Å²) in [5.74, 6) is 0. The molecule has 6 rings (SSSR count). The average Bonchev–Trinajstić information content (AvgIpc) is 3.53. The number of aromatic amines is 2. The molecule has 153 valence electrons. The summed E-state index contributed by atoms with van der Waals surface area (Å²) in [6.45, 7) is 0. The van der Waals surface area contributed by atoms with Crippen LogP contribution in [0.4, 0.5) is 0 Å². The Morgan fingerprint density at radius 3 is 1.81 bits per heavy atom. The van der Waals surface area contributed by atoms with Gasteiger partial charge in [0.15, 0.2) is 0 Å². The summed E-state index contributed by atoms with van der Waals surface area (Å²) in [7, 11) is 0. The van der Waals surface area contributed by atoms with Gasteiger partial charge in [-0.1, -0.05) is 30.3 Å². The van der Waals surface area contributed by atoms with Crippen LogP contribution >= 0.6 is 0 Å². The van der Waals surface area contributed by atoms with Gasteiger partial charge in [0.25, 0.3) is 0 Å². The summed E-state index contributed by atoms with van der Waals surface area (Å²) in [6, 6.07) is 26.9. The minimum absolute atomic E-state index is 0. The van der Waals surface area contributed by atoms with Gasteiger partial charge in [-0.3, -0.25) is 0 Å². The Hall–Kier alpha value is -3.44. The first-order chi connectivity index (χ1) is 14.8. The van der Waals surface area contributed by atoms with Gasteiger partial charge in [-0.05, 0) is 72.3 Å². The van der Waals surface area contributed by atoms with Gasteiger partial charge in [-0.15, -0.1) is 0 Å². The fraction of sp³-hybridized carbons (Fsp3) is 0. The predicted molar refractivity (Wildman–Crippen MR) is 123 cm³/mol. The number of benzene rings is 1. The molecule has 2 aliphatic heterocycles. The molecule has 0 amide bonds. The van der Waals surface area contributed by atoms with Crippen LogP contribution in [-0.2, 0) is 22.4 Å². The van der Waals surface area contributed by atoms with E-state index >= 15 is 0 Å². The number of H-pyrrole nitrogens is 2. The van der Waals surface area contributed by atoms with Crippen molar-refractivity contribution in [3.63, 3.8) is 0 Å². The molecule has 3 aromatic heterocycles. The topological polar surface area (TPSA) is 57.4 Å². The first-order valence-electron chi connectivity index (χ1n) is 9.92. The van der Waals surface area contributed by atoms with Crippen LogP contribution in [0.25, 0.3) is 45.9 Å². The molecular weight excluding hydrogens is 565 g/mol. The molecule has 5 heteroatoms. The van der Waals surface area contributed by atoms with E-state index in [2.05, 4.69) is 88.8 Å². The second kappa shape index (κ2) is 8.00. The van der Waals surface area contributed by atoms with Crippen LogP contribution in [0.5, 0.6) is 0 Å². The van der Waals surface area contributed by atoms with Crippen molar-refractivity contribution in [1.82, 2.24) is 19.9 Å². The van der Waals surface area contributed by atoms with Crippen molar-refractivity contribution in [3.8, 4) is 0 Å². The molecule has 4 aromatic rings. The number of aromatic nitrogens is 4. The second-order valence-electron chi connectivity index (χ2n) is 7.46.